The molecule has 198 valence electrons. The largest absolute Gasteiger partial charge is 0.458 e. The maximum atomic E-state index is 14.6. The molecule has 9 nitrogen and oxygen atoms in total. The van der Waals surface area contributed by atoms with Crippen LogP contribution in [0.15, 0.2) is 23.0 Å². The number of carbonyl (C=O) groups excluding carboxylic acids is 2. The number of aryl methyl sites for hydroxylation is 1. The molecule has 6 rings (SSSR count). The normalized spacial score (nSPS) is 20.5. The first-order valence-electron chi connectivity index (χ1n) is 12.8. The molecule has 0 radical (unpaired) electrons. The van der Waals surface area contributed by atoms with Crippen LogP contribution in [0.25, 0.3) is 22.3 Å². The molecule has 3 aliphatic rings. The van der Waals surface area contributed by atoms with E-state index >= 15 is 0 Å². The zero-order valence-electron chi connectivity index (χ0n) is 21.1. The second-order valence-corrected chi connectivity index (χ2v) is 10.8. The Morgan fingerprint density at radius 2 is 2.05 bits per heavy atom. The molecule has 0 unspecified atom stereocenters. The summed E-state index contributed by atoms with van der Waals surface area (Å²) in [6.07, 6.45) is 1.12. The average molecular weight is 522 g/mol. The van der Waals surface area contributed by atoms with E-state index in [2.05, 4.69) is 5.32 Å². The maximum Gasteiger partial charge on any atom is 0.343 e. The van der Waals surface area contributed by atoms with Gasteiger partial charge in [0.05, 0.1) is 41.5 Å². The number of hydrogen-bond acceptors (Lipinski definition) is 7. The molecule has 0 bridgehead atoms. The van der Waals surface area contributed by atoms with Crippen molar-refractivity contribution >= 4 is 22.8 Å². The van der Waals surface area contributed by atoms with E-state index in [1.807, 2.05) is 0 Å². The van der Waals surface area contributed by atoms with Crippen LogP contribution in [0.5, 0.6) is 0 Å². The molecular formula is C28H28FN3O6. The smallest absolute Gasteiger partial charge is 0.343 e. The molecule has 2 atom stereocenters. The number of esters is 1. The van der Waals surface area contributed by atoms with Crippen LogP contribution in [0.3, 0.4) is 0 Å². The third-order valence-corrected chi connectivity index (χ3v) is 7.80. The second-order valence-electron chi connectivity index (χ2n) is 10.8. The van der Waals surface area contributed by atoms with Crippen molar-refractivity contribution in [3.05, 3.63) is 62.2 Å². The van der Waals surface area contributed by atoms with Gasteiger partial charge >= 0.3 is 5.97 Å². The predicted molar refractivity (Wildman–Crippen MR) is 134 cm³/mol. The summed E-state index contributed by atoms with van der Waals surface area (Å²) in [5, 5.41) is 24.5. The number of ether oxygens (including phenoxy) is 1. The van der Waals surface area contributed by atoms with Crippen LogP contribution in [-0.4, -0.2) is 37.7 Å². The van der Waals surface area contributed by atoms with E-state index in [-0.39, 0.29) is 61.0 Å². The van der Waals surface area contributed by atoms with Gasteiger partial charge in [-0.2, -0.15) is 0 Å². The minimum absolute atomic E-state index is 0.0706. The number of fused-ring (bicyclic) bond motifs is 5. The van der Waals surface area contributed by atoms with Crippen LogP contribution in [-0.2, 0) is 39.6 Å². The van der Waals surface area contributed by atoms with Crippen molar-refractivity contribution in [2.24, 2.45) is 5.92 Å². The fraction of sp³-hybridized carbons (Fsp3) is 0.429. The van der Waals surface area contributed by atoms with Gasteiger partial charge in [0.15, 0.2) is 5.60 Å². The second kappa shape index (κ2) is 8.71. The number of cyclic esters (lactones) is 1. The van der Waals surface area contributed by atoms with Crippen molar-refractivity contribution in [1.82, 2.24) is 14.9 Å². The third kappa shape index (κ3) is 3.90. The summed E-state index contributed by atoms with van der Waals surface area (Å²) in [4.78, 5) is 43.4. The van der Waals surface area contributed by atoms with Crippen LogP contribution in [0.2, 0.25) is 0 Å². The Morgan fingerprint density at radius 3 is 2.76 bits per heavy atom. The number of nitrogens with zero attached hydrogens (tertiary/aromatic N) is 2. The number of carbonyl (C=O) groups is 2. The molecule has 1 aromatic carbocycles. The first kappa shape index (κ1) is 24.7. The lowest BCUT2D eigenvalue weighted by molar-refractivity contribution is -0.173. The van der Waals surface area contributed by atoms with E-state index in [0.717, 1.165) is 12.8 Å². The number of hydrogen-bond donors (Lipinski definition) is 3. The van der Waals surface area contributed by atoms with Crippen molar-refractivity contribution in [3.63, 3.8) is 0 Å². The summed E-state index contributed by atoms with van der Waals surface area (Å²) in [5.41, 5.74) is 1.21. The van der Waals surface area contributed by atoms with Crippen molar-refractivity contribution < 1.29 is 28.9 Å². The Labute approximate surface area is 217 Å². The van der Waals surface area contributed by atoms with Gasteiger partial charge in [0, 0.05) is 29.1 Å². The number of benzene rings is 1. The van der Waals surface area contributed by atoms with Gasteiger partial charge in [0.2, 0.25) is 5.91 Å². The Kier molecular flexibility index (Phi) is 5.66. The van der Waals surface area contributed by atoms with Gasteiger partial charge < -0.3 is 24.8 Å². The van der Waals surface area contributed by atoms with Crippen molar-refractivity contribution in [3.8, 4) is 11.4 Å². The van der Waals surface area contributed by atoms with Gasteiger partial charge in [-0.3, -0.25) is 9.59 Å². The molecule has 3 aromatic rings. The quantitative estimate of drug-likeness (QED) is 0.332. The number of aliphatic hydroxyl groups is 2. The summed E-state index contributed by atoms with van der Waals surface area (Å²) in [7, 11) is 0. The van der Waals surface area contributed by atoms with Crippen LogP contribution in [0, 0.1) is 18.7 Å². The highest BCUT2D eigenvalue weighted by molar-refractivity contribution is 5.90. The Balaban J connectivity index is 1.53. The minimum atomic E-state index is -1.91. The first-order valence-corrected chi connectivity index (χ1v) is 12.8. The third-order valence-electron chi connectivity index (χ3n) is 7.80. The van der Waals surface area contributed by atoms with Gasteiger partial charge in [-0.1, -0.05) is 12.8 Å². The maximum absolute atomic E-state index is 14.6. The predicted octanol–water partition coefficient (Wildman–Crippen LogP) is 2.30. The van der Waals surface area contributed by atoms with Gasteiger partial charge in [-0.15, -0.1) is 0 Å². The van der Waals surface area contributed by atoms with Crippen LogP contribution in [0.4, 0.5) is 4.39 Å². The molecular weight excluding hydrogens is 493 g/mol. The number of amides is 1. The summed E-state index contributed by atoms with van der Waals surface area (Å²) in [6, 6.07) is 4.64. The highest BCUT2D eigenvalue weighted by atomic mass is 19.1. The highest BCUT2D eigenvalue weighted by Gasteiger charge is 2.49. The Bertz CT molecular complexity index is 1590. The van der Waals surface area contributed by atoms with Gasteiger partial charge in [-0.25, -0.2) is 14.2 Å². The average Bonchev–Trinajstić information content (AvgIpc) is 3.59. The monoisotopic (exact) mass is 521 g/mol. The van der Waals surface area contributed by atoms with Crippen molar-refractivity contribution in [1.29, 1.82) is 0 Å². The van der Waals surface area contributed by atoms with E-state index in [4.69, 9.17) is 9.72 Å². The van der Waals surface area contributed by atoms with E-state index in [9.17, 15) is 29.0 Å². The summed E-state index contributed by atoms with van der Waals surface area (Å²) >= 11 is 0. The fourth-order valence-corrected chi connectivity index (χ4v) is 5.62. The number of aliphatic hydroxyl groups excluding tert-OH is 1. The molecule has 4 heterocycles. The fourth-order valence-electron chi connectivity index (χ4n) is 5.62. The molecule has 38 heavy (non-hydrogen) atoms. The van der Waals surface area contributed by atoms with Gasteiger partial charge in [0.25, 0.3) is 5.56 Å². The zero-order chi connectivity index (χ0) is 26.9. The van der Waals surface area contributed by atoms with E-state index in [1.54, 1.807) is 19.1 Å². The summed E-state index contributed by atoms with van der Waals surface area (Å²) < 4.78 is 21.3. The number of nitrogens with one attached hydrogen (secondary N) is 1. The number of pyridine rings is 2. The molecule has 3 N–H and O–H groups in total. The lowest BCUT2D eigenvalue weighted by Crippen LogP contribution is -2.45. The Morgan fingerprint density at radius 1 is 1.29 bits per heavy atom. The van der Waals surface area contributed by atoms with E-state index in [1.165, 1.54) is 17.6 Å². The van der Waals surface area contributed by atoms with E-state index in [0.29, 0.717) is 39.0 Å². The molecule has 2 aliphatic heterocycles. The number of rotatable bonds is 6. The molecule has 1 aliphatic carbocycles. The molecule has 0 spiro atoms. The molecule has 1 amide bonds. The Hall–Kier alpha value is -3.63. The molecule has 10 heteroatoms. The lowest BCUT2D eigenvalue weighted by Gasteiger charge is -2.32. The van der Waals surface area contributed by atoms with Gasteiger partial charge in [0.1, 0.15) is 12.4 Å². The van der Waals surface area contributed by atoms with Crippen molar-refractivity contribution in [2.45, 2.75) is 70.9 Å². The number of halogens is 1. The molecule has 2 aromatic heterocycles. The standard InChI is InChI=1S/C28H28FN3O6/c1-13-5-16-17(10-30-24(34)6-14(2)33)18-11-32-23(25(18)31-22(16)8-21(13)29)7-20-19(26(32)35)12-38-27(36)28(20,37)9-15-3-4-15/h5,7-8,14-15,33,37H,3-4,6,9-12H2,1-2H3,(H,30,34)/t14-,28-/m0/s1. The first-order chi connectivity index (χ1) is 18.1. The van der Waals surface area contributed by atoms with E-state index < -0.39 is 23.5 Å². The molecule has 1 fully saturated rings. The minimum Gasteiger partial charge on any atom is -0.458 e. The highest BCUT2D eigenvalue weighted by Crippen LogP contribution is 2.45. The lowest BCUT2D eigenvalue weighted by atomic mass is 9.84. The summed E-state index contributed by atoms with van der Waals surface area (Å²) in [5.74, 6) is -1.35. The van der Waals surface area contributed by atoms with Crippen LogP contribution in [0.1, 0.15) is 60.4 Å². The summed E-state index contributed by atoms with van der Waals surface area (Å²) in [6.45, 7) is 3.19. The van der Waals surface area contributed by atoms with Crippen LogP contribution < -0.4 is 10.9 Å². The van der Waals surface area contributed by atoms with Crippen LogP contribution >= 0.6 is 0 Å². The molecule has 0 saturated heterocycles. The number of aromatic nitrogens is 2. The SMILES string of the molecule is Cc1cc2c(CNC(=O)C[C@H](C)O)c3c(nc2cc1F)-c1cc2c(c(=O)n1C3)COC(=O)[C@]2(O)CC1CC1. The molecule has 1 saturated carbocycles. The zero-order valence-corrected chi connectivity index (χ0v) is 21.1. The van der Waals surface area contributed by atoms with Gasteiger partial charge in [-0.05, 0) is 49.4 Å². The van der Waals surface area contributed by atoms with Crippen molar-refractivity contribution in [2.75, 3.05) is 0 Å². The topological polar surface area (TPSA) is 131 Å².